The number of aliphatic hydroxyl groups excluding tert-OH is 2. The number of hydrogen-bond acceptors (Lipinski definition) is 6. The van der Waals surface area contributed by atoms with Gasteiger partial charge in [-0.2, -0.15) is 0 Å². The summed E-state index contributed by atoms with van der Waals surface area (Å²) in [6.45, 7) is -0.143. The summed E-state index contributed by atoms with van der Waals surface area (Å²) >= 11 is 0. The molecule has 2 heterocycles. The van der Waals surface area contributed by atoms with Crippen LogP contribution in [0, 0.1) is 0 Å². The fourth-order valence-corrected chi connectivity index (χ4v) is 1.95. The molecule has 0 aromatic carbocycles. The molecule has 1 amide bonds. The van der Waals surface area contributed by atoms with Crippen LogP contribution >= 0.6 is 0 Å². The van der Waals surface area contributed by atoms with Crippen molar-refractivity contribution in [2.45, 2.75) is 18.2 Å². The van der Waals surface area contributed by atoms with E-state index in [0.29, 0.717) is 0 Å². The Balaban J connectivity index is 2.32. The first-order chi connectivity index (χ1) is 8.06. The summed E-state index contributed by atoms with van der Waals surface area (Å²) in [5.74, 6) is -0.711. The molecule has 0 spiro atoms. The Morgan fingerprint density at radius 2 is 2.41 bits per heavy atom. The van der Waals surface area contributed by atoms with Gasteiger partial charge >= 0.3 is 0 Å². The molecule has 1 fully saturated rings. The van der Waals surface area contributed by atoms with E-state index in [2.05, 4.69) is 4.98 Å². The Morgan fingerprint density at radius 1 is 1.71 bits per heavy atom. The number of nitrogens with zero attached hydrogens (tertiary/aromatic N) is 2. The second-order valence-electron chi connectivity index (χ2n) is 3.86. The molecule has 0 saturated carbocycles. The van der Waals surface area contributed by atoms with E-state index in [1.54, 1.807) is 0 Å². The lowest BCUT2D eigenvalue weighted by Crippen LogP contribution is -2.32. The highest BCUT2D eigenvalue weighted by atomic mass is 16.5. The molecule has 0 bridgehead atoms. The van der Waals surface area contributed by atoms with Gasteiger partial charge in [-0.1, -0.05) is 0 Å². The third-order valence-electron chi connectivity index (χ3n) is 2.85. The van der Waals surface area contributed by atoms with Crippen molar-refractivity contribution in [1.82, 2.24) is 9.55 Å². The summed E-state index contributed by atoms with van der Waals surface area (Å²) in [6.07, 6.45) is -0.289. The maximum absolute atomic E-state index is 11.2. The number of carbonyl (C=O) groups is 1. The first-order valence-corrected chi connectivity index (χ1v) is 5.09. The van der Waals surface area contributed by atoms with Crippen LogP contribution in [0.15, 0.2) is 6.33 Å². The molecule has 6 N–H and O–H groups in total. The molecule has 1 aromatic heterocycles. The fourth-order valence-electron chi connectivity index (χ4n) is 1.95. The van der Waals surface area contributed by atoms with Gasteiger partial charge in [-0.05, 0) is 0 Å². The van der Waals surface area contributed by atoms with E-state index in [-0.39, 0.29) is 24.7 Å². The number of nitrogens with two attached hydrogens (primary N) is 2. The molecule has 8 nitrogen and oxygen atoms in total. The number of ether oxygens (including phenoxy) is 1. The Morgan fingerprint density at radius 3 is 2.94 bits per heavy atom. The molecule has 1 aliphatic rings. The smallest absolute Gasteiger partial charge is 0.269 e. The number of anilines is 1. The maximum Gasteiger partial charge on any atom is 0.269 e. The maximum atomic E-state index is 11.2. The molecule has 0 unspecified atom stereocenters. The van der Waals surface area contributed by atoms with Gasteiger partial charge in [0.2, 0.25) is 0 Å². The van der Waals surface area contributed by atoms with Crippen molar-refractivity contribution in [3.05, 3.63) is 12.0 Å². The number of amides is 1. The van der Waals surface area contributed by atoms with Crippen molar-refractivity contribution in [2.75, 3.05) is 18.9 Å². The lowest BCUT2D eigenvalue weighted by molar-refractivity contribution is 0.00196. The molecular weight excluding hydrogens is 228 g/mol. The molecule has 0 radical (unpaired) electrons. The molecule has 1 aliphatic heterocycles. The standard InChI is InChI=1S/C9H14N4O4/c10-8-6(9(11)16)13(3-12-8)4-2-17-5(1-14)7(4)15/h3-5,7,14-15H,1-2,10H2,(H2,11,16)/t4-,5+,7+/m0/s1. The van der Waals surface area contributed by atoms with E-state index >= 15 is 0 Å². The topological polar surface area (TPSA) is 137 Å². The van der Waals surface area contributed by atoms with Crippen LogP contribution in [0.4, 0.5) is 5.82 Å². The van der Waals surface area contributed by atoms with Crippen LogP contribution in [0.2, 0.25) is 0 Å². The summed E-state index contributed by atoms with van der Waals surface area (Å²) in [4.78, 5) is 15.0. The molecule has 1 saturated heterocycles. The molecule has 94 valence electrons. The van der Waals surface area contributed by atoms with Crippen LogP contribution in [-0.2, 0) is 4.74 Å². The Bertz CT molecular complexity index is 433. The van der Waals surface area contributed by atoms with Gasteiger partial charge in [0.1, 0.15) is 12.2 Å². The third-order valence-corrected chi connectivity index (χ3v) is 2.85. The quantitative estimate of drug-likeness (QED) is 0.477. The number of imidazole rings is 1. The zero-order valence-corrected chi connectivity index (χ0v) is 8.98. The van der Waals surface area contributed by atoms with Crippen LogP contribution in [0.1, 0.15) is 16.5 Å². The second kappa shape index (κ2) is 4.32. The largest absolute Gasteiger partial charge is 0.394 e. The number of aliphatic hydroxyl groups is 2. The predicted molar refractivity (Wildman–Crippen MR) is 57.0 cm³/mol. The number of aromatic nitrogens is 2. The second-order valence-corrected chi connectivity index (χ2v) is 3.86. The Hall–Kier alpha value is -1.64. The van der Waals surface area contributed by atoms with Crippen LogP contribution in [0.5, 0.6) is 0 Å². The molecule has 1 aromatic rings. The van der Waals surface area contributed by atoms with Crippen LogP contribution in [-0.4, -0.2) is 51.1 Å². The number of hydrogen-bond donors (Lipinski definition) is 4. The third kappa shape index (κ3) is 1.86. The van der Waals surface area contributed by atoms with Crippen molar-refractivity contribution >= 4 is 11.7 Å². The van der Waals surface area contributed by atoms with Crippen LogP contribution in [0.3, 0.4) is 0 Å². The first kappa shape index (κ1) is 11.8. The van der Waals surface area contributed by atoms with Gasteiger partial charge in [-0.25, -0.2) is 4.98 Å². The van der Waals surface area contributed by atoms with Crippen molar-refractivity contribution in [1.29, 1.82) is 0 Å². The normalized spacial score (nSPS) is 28.5. The van der Waals surface area contributed by atoms with E-state index < -0.39 is 24.2 Å². The zero-order chi connectivity index (χ0) is 12.6. The summed E-state index contributed by atoms with van der Waals surface area (Å²) < 4.78 is 6.57. The van der Waals surface area contributed by atoms with E-state index in [0.717, 1.165) is 0 Å². The molecule has 8 heteroatoms. The highest BCUT2D eigenvalue weighted by molar-refractivity contribution is 5.95. The highest BCUT2D eigenvalue weighted by Gasteiger charge is 2.38. The van der Waals surface area contributed by atoms with Crippen LogP contribution < -0.4 is 11.5 Å². The molecule has 3 atom stereocenters. The molecule has 2 rings (SSSR count). The molecular formula is C9H14N4O4. The molecule has 0 aliphatic carbocycles. The summed E-state index contributed by atoms with van der Waals surface area (Å²) in [5, 5.41) is 18.8. The van der Waals surface area contributed by atoms with Gasteiger partial charge in [0.25, 0.3) is 5.91 Å². The van der Waals surface area contributed by atoms with Gasteiger partial charge in [-0.15, -0.1) is 0 Å². The van der Waals surface area contributed by atoms with Crippen LogP contribution in [0.25, 0.3) is 0 Å². The van der Waals surface area contributed by atoms with Crippen molar-refractivity contribution in [3.63, 3.8) is 0 Å². The van der Waals surface area contributed by atoms with Gasteiger partial charge in [0, 0.05) is 0 Å². The summed E-state index contributed by atoms with van der Waals surface area (Å²) in [6, 6.07) is -0.528. The monoisotopic (exact) mass is 242 g/mol. The minimum atomic E-state index is -0.938. The highest BCUT2D eigenvalue weighted by Crippen LogP contribution is 2.27. The lowest BCUT2D eigenvalue weighted by atomic mass is 10.1. The lowest BCUT2D eigenvalue weighted by Gasteiger charge is -2.18. The Labute approximate surface area is 96.8 Å². The molecule has 17 heavy (non-hydrogen) atoms. The minimum absolute atomic E-state index is 0.0112. The predicted octanol–water partition coefficient (Wildman–Crippen LogP) is -2.14. The SMILES string of the molecule is NC(=O)c1c(N)ncn1[C@H]1CO[C@H](CO)[C@@H]1O. The average molecular weight is 242 g/mol. The zero-order valence-electron chi connectivity index (χ0n) is 8.98. The summed E-state index contributed by atoms with van der Waals surface area (Å²) in [5.41, 5.74) is 10.7. The number of primary amides is 1. The number of nitrogen functional groups attached to an aromatic ring is 1. The van der Waals surface area contributed by atoms with E-state index in [1.165, 1.54) is 10.9 Å². The van der Waals surface area contributed by atoms with E-state index in [9.17, 15) is 9.90 Å². The van der Waals surface area contributed by atoms with Gasteiger partial charge in [0.05, 0.1) is 25.6 Å². The van der Waals surface area contributed by atoms with Gasteiger partial charge in [0.15, 0.2) is 11.5 Å². The summed E-state index contributed by atoms with van der Waals surface area (Å²) in [7, 11) is 0. The van der Waals surface area contributed by atoms with Gasteiger partial charge < -0.3 is 31.0 Å². The average Bonchev–Trinajstić information content (AvgIpc) is 2.81. The van der Waals surface area contributed by atoms with E-state index in [4.69, 9.17) is 21.3 Å². The van der Waals surface area contributed by atoms with Gasteiger partial charge in [-0.3, -0.25) is 4.79 Å². The number of rotatable bonds is 3. The van der Waals surface area contributed by atoms with Crippen molar-refractivity contribution in [2.24, 2.45) is 5.73 Å². The number of carbonyl (C=O) groups excluding carboxylic acids is 1. The van der Waals surface area contributed by atoms with Crippen molar-refractivity contribution < 1.29 is 19.7 Å². The van der Waals surface area contributed by atoms with Crippen molar-refractivity contribution in [3.8, 4) is 0 Å². The fraction of sp³-hybridized carbons (Fsp3) is 0.556. The Kier molecular flexibility index (Phi) is 3.01. The first-order valence-electron chi connectivity index (χ1n) is 5.09. The minimum Gasteiger partial charge on any atom is -0.394 e. The van der Waals surface area contributed by atoms with E-state index in [1.807, 2.05) is 0 Å².